The molecule has 2 N–H and O–H groups in total. The lowest BCUT2D eigenvalue weighted by Crippen LogP contribution is -2.03. The molecular formula is C14H12ClNO2S. The highest BCUT2D eigenvalue weighted by atomic mass is 35.5. The predicted octanol–water partition coefficient (Wildman–Crippen LogP) is 3.29. The first-order valence-corrected chi connectivity index (χ1v) is 7.10. The minimum Gasteiger partial charge on any atom is -0.383 e. The third kappa shape index (κ3) is 2.27. The number of anilines is 1. The molecule has 1 atom stereocenters. The Balaban J connectivity index is 2.02. The molecule has 3 nitrogen and oxygen atoms in total. The van der Waals surface area contributed by atoms with Gasteiger partial charge in [0.15, 0.2) is 0 Å². The summed E-state index contributed by atoms with van der Waals surface area (Å²) in [6, 6.07) is 7.39. The van der Waals surface area contributed by atoms with Crippen molar-refractivity contribution in [3.8, 4) is 0 Å². The monoisotopic (exact) mass is 293 g/mol. The van der Waals surface area contributed by atoms with E-state index in [9.17, 15) is 9.90 Å². The van der Waals surface area contributed by atoms with Gasteiger partial charge in [-0.1, -0.05) is 11.6 Å². The van der Waals surface area contributed by atoms with Crippen LogP contribution >= 0.6 is 22.9 Å². The summed E-state index contributed by atoms with van der Waals surface area (Å²) < 4.78 is 0. The van der Waals surface area contributed by atoms with Gasteiger partial charge in [0.25, 0.3) is 0 Å². The SMILES string of the molecule is Cc1ccc(C(O)c2cc3c(cc2Cl)NC(=O)C3)s1. The maximum atomic E-state index is 11.4. The second kappa shape index (κ2) is 4.63. The molecule has 1 aliphatic rings. The normalized spacial score (nSPS) is 15.2. The van der Waals surface area contributed by atoms with E-state index in [1.165, 1.54) is 0 Å². The molecule has 3 rings (SSSR count). The van der Waals surface area contributed by atoms with Gasteiger partial charge in [0.1, 0.15) is 6.10 Å². The molecule has 0 fully saturated rings. The van der Waals surface area contributed by atoms with E-state index in [1.54, 1.807) is 17.4 Å². The van der Waals surface area contributed by atoms with Gasteiger partial charge in [0, 0.05) is 26.0 Å². The number of fused-ring (bicyclic) bond motifs is 1. The number of carbonyl (C=O) groups is 1. The van der Waals surface area contributed by atoms with E-state index < -0.39 is 6.10 Å². The first-order valence-electron chi connectivity index (χ1n) is 5.91. The topological polar surface area (TPSA) is 49.3 Å². The number of halogens is 1. The van der Waals surface area contributed by atoms with E-state index in [1.807, 2.05) is 25.1 Å². The lowest BCUT2D eigenvalue weighted by molar-refractivity contribution is -0.115. The number of aliphatic hydroxyl groups is 1. The van der Waals surface area contributed by atoms with Crippen LogP contribution in [0.25, 0.3) is 0 Å². The van der Waals surface area contributed by atoms with Crippen LogP contribution < -0.4 is 5.32 Å². The zero-order valence-corrected chi connectivity index (χ0v) is 11.8. The van der Waals surface area contributed by atoms with E-state index in [0.717, 1.165) is 21.0 Å². The standard InChI is InChI=1S/C14H12ClNO2S/c1-7-2-3-12(19-7)14(18)9-4-8-5-13(17)16-11(8)6-10(9)15/h2-4,6,14,18H,5H2,1H3,(H,16,17). The van der Waals surface area contributed by atoms with Crippen molar-refractivity contribution in [2.45, 2.75) is 19.4 Å². The maximum Gasteiger partial charge on any atom is 0.228 e. The van der Waals surface area contributed by atoms with Crippen LogP contribution in [0.2, 0.25) is 5.02 Å². The van der Waals surface area contributed by atoms with Gasteiger partial charge >= 0.3 is 0 Å². The first-order chi connectivity index (χ1) is 9.04. The molecule has 0 saturated carbocycles. The Bertz CT molecular complexity index is 665. The van der Waals surface area contributed by atoms with Crippen molar-refractivity contribution in [1.29, 1.82) is 0 Å². The zero-order chi connectivity index (χ0) is 13.6. The summed E-state index contributed by atoms with van der Waals surface area (Å²) in [6.07, 6.45) is -0.400. The molecule has 19 heavy (non-hydrogen) atoms. The summed E-state index contributed by atoms with van der Waals surface area (Å²) in [5.41, 5.74) is 2.28. The van der Waals surface area contributed by atoms with E-state index in [-0.39, 0.29) is 5.91 Å². The van der Waals surface area contributed by atoms with Gasteiger partial charge in [0.05, 0.1) is 6.42 Å². The predicted molar refractivity (Wildman–Crippen MR) is 76.9 cm³/mol. The molecule has 1 amide bonds. The fraction of sp³-hybridized carbons (Fsp3) is 0.214. The quantitative estimate of drug-likeness (QED) is 0.893. The van der Waals surface area contributed by atoms with Crippen LogP contribution in [0.3, 0.4) is 0 Å². The fourth-order valence-corrected chi connectivity index (χ4v) is 3.38. The lowest BCUT2D eigenvalue weighted by atomic mass is 10.0. The number of aliphatic hydroxyl groups excluding tert-OH is 1. The molecule has 1 unspecified atom stereocenters. The molecule has 98 valence electrons. The highest BCUT2D eigenvalue weighted by Crippen LogP contribution is 2.36. The van der Waals surface area contributed by atoms with E-state index in [2.05, 4.69) is 5.32 Å². The maximum absolute atomic E-state index is 11.4. The highest BCUT2D eigenvalue weighted by Gasteiger charge is 2.23. The molecule has 0 radical (unpaired) electrons. The minimum absolute atomic E-state index is 0.0373. The van der Waals surface area contributed by atoms with Crippen molar-refractivity contribution < 1.29 is 9.90 Å². The van der Waals surface area contributed by atoms with Gasteiger partial charge in [-0.05, 0) is 36.8 Å². The molecule has 2 aromatic rings. The Morgan fingerprint density at radius 2 is 2.21 bits per heavy atom. The second-order valence-electron chi connectivity index (χ2n) is 4.61. The number of hydrogen-bond acceptors (Lipinski definition) is 3. The summed E-state index contributed by atoms with van der Waals surface area (Å²) in [6.45, 7) is 1.99. The molecule has 0 saturated heterocycles. The van der Waals surface area contributed by atoms with Crippen LogP contribution in [0.4, 0.5) is 5.69 Å². The second-order valence-corrected chi connectivity index (χ2v) is 6.33. The number of thiophene rings is 1. The lowest BCUT2D eigenvalue weighted by Gasteiger charge is -2.13. The smallest absolute Gasteiger partial charge is 0.228 e. The highest BCUT2D eigenvalue weighted by molar-refractivity contribution is 7.12. The van der Waals surface area contributed by atoms with Crippen molar-refractivity contribution >= 4 is 34.5 Å². The van der Waals surface area contributed by atoms with Crippen molar-refractivity contribution in [1.82, 2.24) is 0 Å². The Kier molecular flexibility index (Phi) is 3.09. The summed E-state index contributed by atoms with van der Waals surface area (Å²) in [7, 11) is 0. The average molecular weight is 294 g/mol. The van der Waals surface area contributed by atoms with Crippen LogP contribution in [0.5, 0.6) is 0 Å². The largest absolute Gasteiger partial charge is 0.383 e. The van der Waals surface area contributed by atoms with Gasteiger partial charge < -0.3 is 10.4 Å². The zero-order valence-electron chi connectivity index (χ0n) is 10.2. The Morgan fingerprint density at radius 3 is 2.89 bits per heavy atom. The Labute approximate surface area is 119 Å². The van der Waals surface area contributed by atoms with E-state index in [0.29, 0.717) is 17.0 Å². The molecule has 1 aromatic carbocycles. The van der Waals surface area contributed by atoms with Crippen LogP contribution in [-0.2, 0) is 11.2 Å². The minimum atomic E-state index is -0.743. The Morgan fingerprint density at radius 1 is 1.42 bits per heavy atom. The molecule has 1 aliphatic heterocycles. The molecule has 1 aromatic heterocycles. The third-order valence-corrected chi connectivity index (χ3v) is 4.55. The van der Waals surface area contributed by atoms with Crippen molar-refractivity contribution in [3.63, 3.8) is 0 Å². The number of hydrogen-bond donors (Lipinski definition) is 2. The van der Waals surface area contributed by atoms with E-state index >= 15 is 0 Å². The summed E-state index contributed by atoms with van der Waals surface area (Å²) in [5, 5.41) is 13.6. The van der Waals surface area contributed by atoms with Crippen LogP contribution in [0, 0.1) is 6.92 Å². The number of benzene rings is 1. The van der Waals surface area contributed by atoms with Crippen molar-refractivity contribution in [2.24, 2.45) is 0 Å². The van der Waals surface area contributed by atoms with Crippen LogP contribution in [0.15, 0.2) is 24.3 Å². The van der Waals surface area contributed by atoms with Gasteiger partial charge in [-0.25, -0.2) is 0 Å². The summed E-state index contributed by atoms with van der Waals surface area (Å²) >= 11 is 7.74. The molecule has 0 spiro atoms. The van der Waals surface area contributed by atoms with Crippen molar-refractivity contribution in [2.75, 3.05) is 5.32 Å². The Hall–Kier alpha value is -1.36. The van der Waals surface area contributed by atoms with E-state index in [4.69, 9.17) is 11.6 Å². The van der Waals surface area contributed by atoms with Gasteiger partial charge in [-0.3, -0.25) is 4.79 Å². The number of aryl methyl sites for hydroxylation is 1. The average Bonchev–Trinajstić information content (AvgIpc) is 2.92. The van der Waals surface area contributed by atoms with Gasteiger partial charge in [-0.15, -0.1) is 11.3 Å². The number of amides is 1. The summed E-state index contributed by atoms with van der Waals surface area (Å²) in [5.74, 6) is -0.0373. The van der Waals surface area contributed by atoms with Crippen LogP contribution in [0.1, 0.15) is 27.0 Å². The molecule has 2 heterocycles. The van der Waals surface area contributed by atoms with Gasteiger partial charge in [-0.2, -0.15) is 0 Å². The third-order valence-electron chi connectivity index (χ3n) is 3.17. The molecule has 5 heteroatoms. The number of rotatable bonds is 2. The molecular weight excluding hydrogens is 282 g/mol. The van der Waals surface area contributed by atoms with Crippen LogP contribution in [-0.4, -0.2) is 11.0 Å². The molecule has 0 bridgehead atoms. The number of carbonyl (C=O) groups excluding carboxylic acids is 1. The summed E-state index contributed by atoms with van der Waals surface area (Å²) in [4.78, 5) is 13.4. The van der Waals surface area contributed by atoms with Gasteiger partial charge in [0.2, 0.25) is 5.91 Å². The first kappa shape index (κ1) is 12.7. The van der Waals surface area contributed by atoms with Crippen molar-refractivity contribution in [3.05, 3.63) is 50.2 Å². The fourth-order valence-electron chi connectivity index (χ4n) is 2.23. The number of nitrogens with one attached hydrogen (secondary N) is 1. The molecule has 0 aliphatic carbocycles.